The number of morpholine rings is 1. The number of fused-ring (bicyclic) bond motifs is 3. The fraction of sp³-hybridized carbons (Fsp3) is 0.294. The third kappa shape index (κ3) is 3.35. The second-order valence-corrected chi connectivity index (χ2v) is 5.13. The molecule has 3 aromatic rings. The molecular formula is C17H19N3O. The van der Waals surface area contributed by atoms with Crippen molar-refractivity contribution in [1.29, 1.82) is 0 Å². The molecule has 0 spiro atoms. The van der Waals surface area contributed by atoms with Crippen molar-refractivity contribution in [3.63, 3.8) is 0 Å². The molecule has 0 saturated carbocycles. The number of pyridine rings is 2. The molecule has 2 aromatic heterocycles. The Morgan fingerprint density at radius 2 is 1.38 bits per heavy atom. The molecule has 21 heavy (non-hydrogen) atoms. The number of aromatic nitrogens is 2. The fourth-order valence-corrected chi connectivity index (χ4v) is 2.33. The average Bonchev–Trinajstić information content (AvgIpc) is 2.56. The number of nitrogens with zero attached hydrogens (tertiary/aromatic N) is 3. The fourth-order valence-electron chi connectivity index (χ4n) is 2.33. The summed E-state index contributed by atoms with van der Waals surface area (Å²) in [6, 6.07) is 12.1. The van der Waals surface area contributed by atoms with Crippen LogP contribution in [0, 0.1) is 0 Å². The zero-order chi connectivity index (χ0) is 14.5. The van der Waals surface area contributed by atoms with Crippen molar-refractivity contribution in [2.75, 3.05) is 33.4 Å². The molecule has 1 aliphatic rings. The molecule has 1 aromatic carbocycles. The van der Waals surface area contributed by atoms with E-state index in [4.69, 9.17) is 4.74 Å². The summed E-state index contributed by atoms with van der Waals surface area (Å²) in [6.45, 7) is 4.02. The number of benzene rings is 1. The first-order chi connectivity index (χ1) is 10.3. The predicted octanol–water partition coefficient (Wildman–Crippen LogP) is 2.73. The van der Waals surface area contributed by atoms with Gasteiger partial charge in [0.05, 0.1) is 24.2 Å². The van der Waals surface area contributed by atoms with Crippen molar-refractivity contribution in [3.05, 3.63) is 48.8 Å². The molecular weight excluding hydrogens is 262 g/mol. The van der Waals surface area contributed by atoms with Crippen LogP contribution in [0.25, 0.3) is 21.8 Å². The number of rotatable bonds is 0. The molecule has 0 radical (unpaired) electrons. The van der Waals surface area contributed by atoms with Crippen molar-refractivity contribution < 1.29 is 4.74 Å². The maximum Gasteiger partial charge on any atom is 0.0964 e. The van der Waals surface area contributed by atoms with Gasteiger partial charge < -0.3 is 9.64 Å². The minimum atomic E-state index is 0.913. The molecule has 4 rings (SSSR count). The number of hydrogen-bond acceptors (Lipinski definition) is 4. The summed E-state index contributed by atoms with van der Waals surface area (Å²) < 4.78 is 5.10. The van der Waals surface area contributed by atoms with E-state index >= 15 is 0 Å². The van der Waals surface area contributed by atoms with Crippen LogP contribution in [0.15, 0.2) is 48.8 Å². The van der Waals surface area contributed by atoms with Crippen LogP contribution < -0.4 is 0 Å². The highest BCUT2D eigenvalue weighted by molar-refractivity contribution is 6.02. The molecule has 0 aliphatic carbocycles. The number of ether oxygens (including phenoxy) is 1. The van der Waals surface area contributed by atoms with Crippen LogP contribution in [0.1, 0.15) is 0 Å². The number of likely N-dealkylation sites (N-methyl/N-ethyl adjacent to an activating group) is 1. The van der Waals surface area contributed by atoms with Gasteiger partial charge in [-0.15, -0.1) is 0 Å². The first-order valence-corrected chi connectivity index (χ1v) is 7.19. The first-order valence-electron chi connectivity index (χ1n) is 7.19. The van der Waals surface area contributed by atoms with Gasteiger partial charge in [-0.3, -0.25) is 9.97 Å². The van der Waals surface area contributed by atoms with Crippen molar-refractivity contribution in [3.8, 4) is 0 Å². The second-order valence-electron chi connectivity index (χ2n) is 5.13. The Hall–Kier alpha value is -2.04. The maximum atomic E-state index is 5.10. The maximum absolute atomic E-state index is 5.10. The monoisotopic (exact) mass is 281 g/mol. The molecule has 0 bridgehead atoms. The minimum absolute atomic E-state index is 0.913. The normalized spacial score (nSPS) is 15.7. The van der Waals surface area contributed by atoms with Gasteiger partial charge in [0.15, 0.2) is 0 Å². The van der Waals surface area contributed by atoms with Gasteiger partial charge in [0, 0.05) is 36.3 Å². The molecule has 0 amide bonds. The van der Waals surface area contributed by atoms with E-state index < -0.39 is 0 Å². The molecule has 1 fully saturated rings. The van der Waals surface area contributed by atoms with Gasteiger partial charge in [-0.05, 0) is 19.2 Å². The minimum Gasteiger partial charge on any atom is -0.379 e. The summed E-state index contributed by atoms with van der Waals surface area (Å²) in [6.07, 6.45) is 3.60. The van der Waals surface area contributed by atoms with E-state index in [1.54, 1.807) is 12.4 Å². The van der Waals surface area contributed by atoms with Gasteiger partial charge in [-0.1, -0.05) is 24.3 Å². The Kier molecular flexibility index (Phi) is 4.38. The lowest BCUT2D eigenvalue weighted by Gasteiger charge is -2.21. The predicted molar refractivity (Wildman–Crippen MR) is 85.4 cm³/mol. The van der Waals surface area contributed by atoms with Crippen molar-refractivity contribution in [1.82, 2.24) is 14.9 Å². The van der Waals surface area contributed by atoms with Crippen molar-refractivity contribution >= 4 is 21.8 Å². The summed E-state index contributed by atoms with van der Waals surface area (Å²) >= 11 is 0. The van der Waals surface area contributed by atoms with Gasteiger partial charge >= 0.3 is 0 Å². The Balaban J connectivity index is 0.000000160. The summed E-state index contributed by atoms with van der Waals surface area (Å²) in [5, 5.41) is 2.28. The van der Waals surface area contributed by atoms with Crippen LogP contribution >= 0.6 is 0 Å². The topological polar surface area (TPSA) is 38.2 Å². The van der Waals surface area contributed by atoms with Crippen LogP contribution in [-0.2, 0) is 4.74 Å². The SMILES string of the molecule is CN1CCOCC1.c1cnc2c(c1)ccc1cccnc12. The van der Waals surface area contributed by atoms with E-state index in [9.17, 15) is 0 Å². The first kappa shape index (κ1) is 13.9. The van der Waals surface area contributed by atoms with Crippen LogP contribution in [0.2, 0.25) is 0 Å². The lowest BCUT2D eigenvalue weighted by Crippen LogP contribution is -2.32. The highest BCUT2D eigenvalue weighted by Crippen LogP contribution is 2.20. The molecule has 1 aliphatic heterocycles. The van der Waals surface area contributed by atoms with Gasteiger partial charge in [0.25, 0.3) is 0 Å². The highest BCUT2D eigenvalue weighted by atomic mass is 16.5. The highest BCUT2D eigenvalue weighted by Gasteiger charge is 2.02. The van der Waals surface area contributed by atoms with Crippen molar-refractivity contribution in [2.45, 2.75) is 0 Å². The summed E-state index contributed by atoms with van der Waals surface area (Å²) in [4.78, 5) is 11.0. The molecule has 4 nitrogen and oxygen atoms in total. The van der Waals surface area contributed by atoms with Gasteiger partial charge in [-0.2, -0.15) is 0 Å². The van der Waals surface area contributed by atoms with Gasteiger partial charge in [0.2, 0.25) is 0 Å². The van der Waals surface area contributed by atoms with E-state index in [1.807, 2.05) is 12.1 Å². The molecule has 1 saturated heterocycles. The number of hydrogen-bond donors (Lipinski definition) is 0. The smallest absolute Gasteiger partial charge is 0.0964 e. The Morgan fingerprint density at radius 3 is 1.81 bits per heavy atom. The van der Waals surface area contributed by atoms with Gasteiger partial charge in [-0.25, -0.2) is 0 Å². The van der Waals surface area contributed by atoms with Crippen LogP contribution in [-0.4, -0.2) is 48.2 Å². The van der Waals surface area contributed by atoms with Crippen LogP contribution in [0.5, 0.6) is 0 Å². The third-order valence-corrected chi connectivity index (χ3v) is 3.58. The zero-order valence-electron chi connectivity index (χ0n) is 12.2. The Morgan fingerprint density at radius 1 is 0.857 bits per heavy atom. The summed E-state index contributed by atoms with van der Waals surface area (Å²) in [7, 11) is 2.11. The Bertz CT molecular complexity index is 668. The average molecular weight is 281 g/mol. The van der Waals surface area contributed by atoms with Crippen LogP contribution in [0.3, 0.4) is 0 Å². The van der Waals surface area contributed by atoms with E-state index in [0.717, 1.165) is 48.1 Å². The lowest BCUT2D eigenvalue weighted by atomic mass is 10.1. The quantitative estimate of drug-likeness (QED) is 0.594. The van der Waals surface area contributed by atoms with E-state index in [1.165, 1.54) is 0 Å². The molecule has 108 valence electrons. The summed E-state index contributed by atoms with van der Waals surface area (Å²) in [5.41, 5.74) is 1.95. The third-order valence-electron chi connectivity index (χ3n) is 3.58. The van der Waals surface area contributed by atoms with E-state index in [2.05, 4.69) is 46.2 Å². The largest absolute Gasteiger partial charge is 0.379 e. The molecule has 0 N–H and O–H groups in total. The van der Waals surface area contributed by atoms with E-state index in [0.29, 0.717) is 0 Å². The van der Waals surface area contributed by atoms with Crippen LogP contribution in [0.4, 0.5) is 0 Å². The summed E-state index contributed by atoms with van der Waals surface area (Å²) in [5.74, 6) is 0. The van der Waals surface area contributed by atoms with Crippen molar-refractivity contribution in [2.24, 2.45) is 0 Å². The Labute approximate surface area is 124 Å². The second kappa shape index (κ2) is 6.61. The lowest BCUT2D eigenvalue weighted by molar-refractivity contribution is 0.0503. The van der Waals surface area contributed by atoms with E-state index in [-0.39, 0.29) is 0 Å². The molecule has 3 heterocycles. The van der Waals surface area contributed by atoms with Gasteiger partial charge in [0.1, 0.15) is 0 Å². The molecule has 0 unspecified atom stereocenters. The standard InChI is InChI=1S/C12H8N2.C5H11NO/c1-3-9-5-6-10-4-2-8-14-12(10)11(9)13-7-1;1-6-2-4-7-5-3-6/h1-8H;2-5H2,1H3. The molecule has 4 heteroatoms. The molecule has 0 atom stereocenters. The zero-order valence-corrected chi connectivity index (χ0v) is 12.2.